The van der Waals surface area contributed by atoms with Crippen molar-refractivity contribution >= 4 is 30.7 Å². The maximum Gasteiger partial charge on any atom is 0.270 e. The Hall–Kier alpha value is -1.63. The second-order valence-corrected chi connectivity index (χ2v) is 4.89. The third kappa shape index (κ3) is 5.00. The van der Waals surface area contributed by atoms with Gasteiger partial charge in [-0.15, -0.1) is 24.8 Å². The lowest BCUT2D eigenvalue weighted by Crippen LogP contribution is -2.49. The minimum absolute atomic E-state index is 0. The number of nitrogens with two attached hydrogens (primary N) is 1. The van der Waals surface area contributed by atoms with Crippen LogP contribution in [0.5, 0.6) is 0 Å². The van der Waals surface area contributed by atoms with Gasteiger partial charge in [-0.1, -0.05) is 0 Å². The van der Waals surface area contributed by atoms with E-state index in [-0.39, 0.29) is 30.7 Å². The van der Waals surface area contributed by atoms with Crippen molar-refractivity contribution in [1.29, 1.82) is 0 Å². The SMILES string of the molecule is CC(C)(CN)NC(=O)c1cc(-n2cccn2)ccn1.Cl.Cl. The molecule has 0 unspecified atom stereocenters. The number of carbonyl (C=O) groups is 1. The van der Waals surface area contributed by atoms with E-state index in [2.05, 4.69) is 15.4 Å². The van der Waals surface area contributed by atoms with E-state index < -0.39 is 5.54 Å². The van der Waals surface area contributed by atoms with Gasteiger partial charge in [0.05, 0.1) is 5.69 Å². The van der Waals surface area contributed by atoms with Crippen LogP contribution in [-0.4, -0.2) is 32.8 Å². The van der Waals surface area contributed by atoms with Crippen molar-refractivity contribution in [1.82, 2.24) is 20.1 Å². The molecule has 8 heteroatoms. The van der Waals surface area contributed by atoms with E-state index in [1.807, 2.05) is 19.9 Å². The second-order valence-electron chi connectivity index (χ2n) is 4.89. The summed E-state index contributed by atoms with van der Waals surface area (Å²) in [6.07, 6.45) is 5.07. The molecule has 116 valence electrons. The first-order valence-electron chi connectivity index (χ1n) is 6.00. The molecule has 0 bridgehead atoms. The number of carbonyl (C=O) groups excluding carboxylic acids is 1. The molecular formula is C13H19Cl2N5O. The smallest absolute Gasteiger partial charge is 0.270 e. The van der Waals surface area contributed by atoms with E-state index in [0.29, 0.717) is 12.2 Å². The molecule has 0 saturated carbocycles. The summed E-state index contributed by atoms with van der Waals surface area (Å²) in [7, 11) is 0. The van der Waals surface area contributed by atoms with Gasteiger partial charge in [0.1, 0.15) is 5.69 Å². The quantitative estimate of drug-likeness (QED) is 0.890. The molecule has 0 aliphatic carbocycles. The maximum absolute atomic E-state index is 12.1. The summed E-state index contributed by atoms with van der Waals surface area (Å²) < 4.78 is 1.67. The minimum Gasteiger partial charge on any atom is -0.345 e. The lowest BCUT2D eigenvalue weighted by Gasteiger charge is -2.23. The molecule has 0 saturated heterocycles. The van der Waals surface area contributed by atoms with Gasteiger partial charge >= 0.3 is 0 Å². The fraction of sp³-hybridized carbons (Fsp3) is 0.308. The van der Waals surface area contributed by atoms with Crippen molar-refractivity contribution in [2.45, 2.75) is 19.4 Å². The molecule has 1 amide bonds. The molecule has 2 aromatic rings. The summed E-state index contributed by atoms with van der Waals surface area (Å²) >= 11 is 0. The highest BCUT2D eigenvalue weighted by Gasteiger charge is 2.20. The van der Waals surface area contributed by atoms with Gasteiger partial charge in [-0.25, -0.2) is 4.68 Å². The minimum atomic E-state index is -0.458. The lowest BCUT2D eigenvalue weighted by molar-refractivity contribution is 0.0910. The van der Waals surface area contributed by atoms with Crippen LogP contribution < -0.4 is 11.1 Å². The number of pyridine rings is 1. The first kappa shape index (κ1) is 19.4. The molecule has 2 rings (SSSR count). The Morgan fingerprint density at radius 3 is 2.67 bits per heavy atom. The van der Waals surface area contributed by atoms with Crippen LogP contribution in [0.15, 0.2) is 36.8 Å². The second kappa shape index (κ2) is 7.97. The molecular weight excluding hydrogens is 313 g/mol. The van der Waals surface area contributed by atoms with Crippen LogP contribution in [-0.2, 0) is 0 Å². The number of rotatable bonds is 4. The van der Waals surface area contributed by atoms with E-state index in [4.69, 9.17) is 5.73 Å². The van der Waals surface area contributed by atoms with Crippen LogP contribution in [0.1, 0.15) is 24.3 Å². The van der Waals surface area contributed by atoms with Gasteiger partial charge in [-0.3, -0.25) is 9.78 Å². The molecule has 2 heterocycles. The molecule has 21 heavy (non-hydrogen) atoms. The Kier molecular flexibility index (Phi) is 7.35. The molecule has 0 radical (unpaired) electrons. The highest BCUT2D eigenvalue weighted by Crippen LogP contribution is 2.08. The molecule has 2 aromatic heterocycles. The molecule has 0 fully saturated rings. The molecule has 0 aliphatic rings. The zero-order valence-electron chi connectivity index (χ0n) is 11.8. The third-order valence-corrected chi connectivity index (χ3v) is 2.71. The van der Waals surface area contributed by atoms with Crippen molar-refractivity contribution < 1.29 is 4.79 Å². The van der Waals surface area contributed by atoms with Crippen LogP contribution in [0, 0.1) is 0 Å². The first-order valence-corrected chi connectivity index (χ1v) is 6.00. The predicted molar refractivity (Wildman–Crippen MR) is 86.5 cm³/mol. The largest absolute Gasteiger partial charge is 0.345 e. The Bertz CT molecular complexity index is 572. The summed E-state index contributed by atoms with van der Waals surface area (Å²) in [5.74, 6) is -0.246. The van der Waals surface area contributed by atoms with E-state index in [1.165, 1.54) is 0 Å². The van der Waals surface area contributed by atoms with E-state index >= 15 is 0 Å². The standard InChI is InChI=1S/C13H17N5O.2ClH/c1-13(2,9-14)17-12(19)11-8-10(4-6-15-11)18-7-3-5-16-18;;/h3-8H,9,14H2,1-2H3,(H,17,19);2*1H. The Morgan fingerprint density at radius 1 is 1.38 bits per heavy atom. The fourth-order valence-electron chi connectivity index (χ4n) is 1.53. The van der Waals surface area contributed by atoms with Crippen molar-refractivity contribution in [2.24, 2.45) is 5.73 Å². The number of amides is 1. The third-order valence-electron chi connectivity index (χ3n) is 2.71. The number of nitrogens with zero attached hydrogens (tertiary/aromatic N) is 3. The highest BCUT2D eigenvalue weighted by atomic mass is 35.5. The van der Waals surface area contributed by atoms with Crippen LogP contribution in [0.3, 0.4) is 0 Å². The van der Waals surface area contributed by atoms with Gasteiger partial charge in [0.2, 0.25) is 0 Å². The molecule has 3 N–H and O–H groups in total. The average molecular weight is 332 g/mol. The van der Waals surface area contributed by atoms with Crippen molar-refractivity contribution in [3.8, 4) is 5.69 Å². The van der Waals surface area contributed by atoms with Gasteiger partial charge < -0.3 is 11.1 Å². The van der Waals surface area contributed by atoms with Crippen molar-refractivity contribution in [2.75, 3.05) is 6.54 Å². The lowest BCUT2D eigenvalue weighted by atomic mass is 10.1. The summed E-state index contributed by atoms with van der Waals surface area (Å²) in [6, 6.07) is 5.30. The maximum atomic E-state index is 12.1. The predicted octanol–water partition coefficient (Wildman–Crippen LogP) is 1.58. The fourth-order valence-corrected chi connectivity index (χ4v) is 1.53. The molecule has 0 aliphatic heterocycles. The van der Waals surface area contributed by atoms with Crippen LogP contribution in [0.2, 0.25) is 0 Å². The summed E-state index contributed by atoms with van der Waals surface area (Å²) in [6.45, 7) is 4.09. The molecule has 0 spiro atoms. The van der Waals surface area contributed by atoms with E-state index in [9.17, 15) is 4.79 Å². The zero-order chi connectivity index (χ0) is 13.9. The van der Waals surface area contributed by atoms with Crippen molar-refractivity contribution in [3.63, 3.8) is 0 Å². The van der Waals surface area contributed by atoms with E-state index in [0.717, 1.165) is 5.69 Å². The normalized spacial score (nSPS) is 10.2. The number of hydrogen-bond acceptors (Lipinski definition) is 4. The monoisotopic (exact) mass is 331 g/mol. The molecule has 0 aromatic carbocycles. The van der Waals surface area contributed by atoms with Crippen LogP contribution >= 0.6 is 24.8 Å². The first-order chi connectivity index (χ1) is 9.02. The summed E-state index contributed by atoms with van der Waals surface area (Å²) in [5, 5.41) is 6.95. The topological polar surface area (TPSA) is 85.8 Å². The highest BCUT2D eigenvalue weighted by molar-refractivity contribution is 5.93. The van der Waals surface area contributed by atoms with E-state index in [1.54, 1.807) is 35.4 Å². The number of nitrogens with one attached hydrogen (secondary N) is 1. The average Bonchev–Trinajstić information content (AvgIpc) is 2.92. The van der Waals surface area contributed by atoms with Gasteiger partial charge in [-0.05, 0) is 32.0 Å². The summed E-state index contributed by atoms with van der Waals surface area (Å²) in [4.78, 5) is 16.2. The van der Waals surface area contributed by atoms with Crippen LogP contribution in [0.25, 0.3) is 5.69 Å². The molecule has 6 nitrogen and oxygen atoms in total. The zero-order valence-corrected chi connectivity index (χ0v) is 13.4. The Labute approximate surface area is 135 Å². The Morgan fingerprint density at radius 2 is 2.10 bits per heavy atom. The van der Waals surface area contributed by atoms with Gasteiger partial charge in [0.25, 0.3) is 5.91 Å². The van der Waals surface area contributed by atoms with Gasteiger partial charge in [-0.2, -0.15) is 5.10 Å². The Balaban J connectivity index is 0.00000200. The number of aromatic nitrogens is 3. The van der Waals surface area contributed by atoms with Crippen molar-refractivity contribution in [3.05, 3.63) is 42.5 Å². The number of halogens is 2. The number of hydrogen-bond donors (Lipinski definition) is 2. The van der Waals surface area contributed by atoms with Gasteiger partial charge in [0, 0.05) is 30.7 Å². The van der Waals surface area contributed by atoms with Gasteiger partial charge in [0.15, 0.2) is 0 Å². The summed E-state index contributed by atoms with van der Waals surface area (Å²) in [5.41, 5.74) is 6.26. The molecule has 0 atom stereocenters. The van der Waals surface area contributed by atoms with Crippen LogP contribution in [0.4, 0.5) is 0 Å².